The lowest BCUT2D eigenvalue weighted by molar-refractivity contribution is 0.102. The van der Waals surface area contributed by atoms with Crippen LogP contribution in [0.15, 0.2) is 22.0 Å². The second-order valence-electron chi connectivity index (χ2n) is 3.79. The van der Waals surface area contributed by atoms with Crippen LogP contribution >= 0.6 is 38.9 Å². The number of aromatic nitrogens is 1. The summed E-state index contributed by atoms with van der Waals surface area (Å²) in [5, 5.41) is 5.88. The minimum Gasteiger partial charge on any atom is -0.319 e. The van der Waals surface area contributed by atoms with E-state index in [0.29, 0.717) is 16.4 Å². The molecule has 0 aliphatic rings. The van der Waals surface area contributed by atoms with Crippen molar-refractivity contribution in [2.45, 2.75) is 13.8 Å². The summed E-state index contributed by atoms with van der Waals surface area (Å²) in [5.74, 6) is -0.244. The van der Waals surface area contributed by atoms with Crippen molar-refractivity contribution in [1.82, 2.24) is 4.98 Å². The van der Waals surface area contributed by atoms with Gasteiger partial charge < -0.3 is 5.32 Å². The maximum absolute atomic E-state index is 12.0. The molecule has 3 nitrogen and oxygen atoms in total. The molecule has 1 heterocycles. The Morgan fingerprint density at radius 1 is 1.44 bits per heavy atom. The van der Waals surface area contributed by atoms with Crippen LogP contribution in [0, 0.1) is 13.8 Å². The van der Waals surface area contributed by atoms with Crippen LogP contribution in [-0.2, 0) is 0 Å². The molecule has 1 amide bonds. The van der Waals surface area contributed by atoms with E-state index >= 15 is 0 Å². The number of halogens is 2. The molecule has 0 radical (unpaired) electrons. The molecule has 1 aromatic heterocycles. The van der Waals surface area contributed by atoms with E-state index in [-0.39, 0.29) is 5.91 Å². The topological polar surface area (TPSA) is 42.0 Å². The summed E-state index contributed by atoms with van der Waals surface area (Å²) in [6.07, 6.45) is 0. The van der Waals surface area contributed by atoms with Gasteiger partial charge in [0.25, 0.3) is 5.91 Å². The lowest BCUT2D eigenvalue weighted by atomic mass is 10.2. The molecule has 1 aromatic carbocycles. The predicted molar refractivity (Wildman–Crippen MR) is 78.7 cm³/mol. The van der Waals surface area contributed by atoms with Crippen molar-refractivity contribution in [1.29, 1.82) is 0 Å². The number of rotatable bonds is 2. The zero-order chi connectivity index (χ0) is 13.3. The Labute approximate surface area is 122 Å². The van der Waals surface area contributed by atoms with Crippen molar-refractivity contribution in [2.75, 3.05) is 5.32 Å². The van der Waals surface area contributed by atoms with Crippen molar-refractivity contribution in [3.63, 3.8) is 0 Å². The van der Waals surface area contributed by atoms with Crippen LogP contribution in [0.5, 0.6) is 0 Å². The third-order valence-corrected chi connectivity index (χ3v) is 3.87. The Bertz CT molecular complexity index is 589. The molecule has 0 saturated heterocycles. The van der Waals surface area contributed by atoms with Gasteiger partial charge in [-0.1, -0.05) is 27.5 Å². The zero-order valence-corrected chi connectivity index (χ0v) is 12.9. The number of aryl methyl sites for hydroxylation is 2. The number of anilines is 1. The summed E-state index contributed by atoms with van der Waals surface area (Å²) in [6, 6.07) is 3.64. The second kappa shape index (κ2) is 5.38. The Kier molecular flexibility index (Phi) is 4.04. The van der Waals surface area contributed by atoms with E-state index in [4.69, 9.17) is 11.6 Å². The number of hydrogen-bond acceptors (Lipinski definition) is 3. The van der Waals surface area contributed by atoms with Gasteiger partial charge in [-0.2, -0.15) is 0 Å². The average Bonchev–Trinajstić information content (AvgIpc) is 2.70. The maximum Gasteiger partial charge on any atom is 0.275 e. The van der Waals surface area contributed by atoms with Crippen LogP contribution in [0.25, 0.3) is 0 Å². The van der Waals surface area contributed by atoms with E-state index in [9.17, 15) is 4.79 Å². The fraction of sp³-hybridized carbons (Fsp3) is 0.167. The Morgan fingerprint density at radius 3 is 2.72 bits per heavy atom. The molecule has 1 N–H and O–H groups in total. The van der Waals surface area contributed by atoms with Gasteiger partial charge in [-0.25, -0.2) is 4.98 Å². The lowest BCUT2D eigenvalue weighted by Gasteiger charge is -2.10. The molecule has 2 aromatic rings. The lowest BCUT2D eigenvalue weighted by Crippen LogP contribution is -2.13. The van der Waals surface area contributed by atoms with Crippen molar-refractivity contribution >= 4 is 50.5 Å². The summed E-state index contributed by atoms with van der Waals surface area (Å²) in [5.41, 5.74) is 1.93. The molecule has 6 heteroatoms. The van der Waals surface area contributed by atoms with E-state index < -0.39 is 0 Å². The van der Waals surface area contributed by atoms with Gasteiger partial charge in [0.05, 0.1) is 15.7 Å². The summed E-state index contributed by atoms with van der Waals surface area (Å²) in [4.78, 5) is 16.1. The Hall–Kier alpha value is -0.910. The highest BCUT2D eigenvalue weighted by Gasteiger charge is 2.13. The van der Waals surface area contributed by atoms with Crippen LogP contribution in [0.4, 0.5) is 5.69 Å². The highest BCUT2D eigenvalue weighted by atomic mass is 79.9. The molecule has 0 saturated carbocycles. The van der Waals surface area contributed by atoms with Gasteiger partial charge in [-0.3, -0.25) is 4.79 Å². The summed E-state index contributed by atoms with van der Waals surface area (Å²) in [7, 11) is 0. The quantitative estimate of drug-likeness (QED) is 0.875. The molecule has 2 rings (SSSR count). The Balaban J connectivity index is 2.27. The molecule has 0 atom stereocenters. The number of amides is 1. The first-order valence-corrected chi connectivity index (χ1v) is 7.21. The first-order valence-electron chi connectivity index (χ1n) is 5.16. The van der Waals surface area contributed by atoms with Gasteiger partial charge in [-0.15, -0.1) is 11.3 Å². The molecular weight excluding hydrogens is 336 g/mol. The minimum atomic E-state index is -0.244. The number of hydrogen-bond donors (Lipinski definition) is 1. The largest absolute Gasteiger partial charge is 0.319 e. The van der Waals surface area contributed by atoms with Crippen molar-refractivity contribution < 1.29 is 4.79 Å². The monoisotopic (exact) mass is 344 g/mol. The molecule has 0 aliphatic heterocycles. The van der Waals surface area contributed by atoms with Crippen LogP contribution in [-0.4, -0.2) is 10.9 Å². The van der Waals surface area contributed by atoms with Gasteiger partial charge in [0, 0.05) is 9.85 Å². The van der Waals surface area contributed by atoms with Crippen LogP contribution in [0.2, 0.25) is 5.02 Å². The third-order valence-electron chi connectivity index (χ3n) is 2.34. The number of carbonyl (C=O) groups is 1. The van der Waals surface area contributed by atoms with Crippen molar-refractivity contribution in [3.8, 4) is 0 Å². The molecule has 0 aliphatic carbocycles. The number of carbonyl (C=O) groups excluding carboxylic acids is 1. The van der Waals surface area contributed by atoms with E-state index in [2.05, 4.69) is 26.2 Å². The molecule has 0 bridgehead atoms. The highest BCUT2D eigenvalue weighted by molar-refractivity contribution is 9.10. The van der Waals surface area contributed by atoms with Crippen LogP contribution < -0.4 is 5.32 Å². The average molecular weight is 346 g/mol. The number of benzene rings is 1. The van der Waals surface area contributed by atoms with Gasteiger partial charge in [-0.05, 0) is 31.5 Å². The number of nitrogens with zero attached hydrogens (tertiary/aromatic N) is 1. The maximum atomic E-state index is 12.0. The van der Waals surface area contributed by atoms with E-state index in [1.807, 2.05) is 19.9 Å². The zero-order valence-electron chi connectivity index (χ0n) is 9.75. The molecule has 0 spiro atoms. The fourth-order valence-corrected chi connectivity index (χ4v) is 3.12. The summed E-state index contributed by atoms with van der Waals surface area (Å²) >= 11 is 10.9. The van der Waals surface area contributed by atoms with Gasteiger partial charge >= 0.3 is 0 Å². The van der Waals surface area contributed by atoms with Crippen LogP contribution in [0.1, 0.15) is 21.1 Å². The van der Waals surface area contributed by atoms with Crippen LogP contribution in [0.3, 0.4) is 0 Å². The van der Waals surface area contributed by atoms with E-state index in [0.717, 1.165) is 15.0 Å². The molecule has 0 fully saturated rings. The number of nitrogens with one attached hydrogen (secondary N) is 1. The summed E-state index contributed by atoms with van der Waals surface area (Å²) < 4.78 is 0.882. The predicted octanol–water partition coefficient (Wildman–Crippen LogP) is 4.43. The minimum absolute atomic E-state index is 0.244. The van der Waals surface area contributed by atoms with Gasteiger partial charge in [0.15, 0.2) is 0 Å². The first-order chi connectivity index (χ1) is 8.47. The summed E-state index contributed by atoms with van der Waals surface area (Å²) in [6.45, 7) is 3.75. The first kappa shape index (κ1) is 13.5. The molecule has 18 heavy (non-hydrogen) atoms. The smallest absolute Gasteiger partial charge is 0.275 e. The molecule has 94 valence electrons. The van der Waals surface area contributed by atoms with Crippen molar-refractivity contribution in [2.24, 2.45) is 0 Å². The molecule has 0 unspecified atom stereocenters. The third kappa shape index (κ3) is 2.91. The fourth-order valence-electron chi connectivity index (χ4n) is 1.51. The highest BCUT2D eigenvalue weighted by Crippen LogP contribution is 2.30. The SMILES string of the molecule is Cc1nc(C(=O)Nc2c(C)cc(Br)cc2Cl)cs1. The standard InChI is InChI=1S/C12H10BrClN2OS/c1-6-3-8(13)4-9(14)11(6)16-12(17)10-5-18-7(2)15-10/h3-5H,1-2H3,(H,16,17). The van der Waals surface area contributed by atoms with E-state index in [1.165, 1.54) is 11.3 Å². The molecular formula is C12H10BrClN2OS. The van der Waals surface area contributed by atoms with Crippen molar-refractivity contribution in [3.05, 3.63) is 43.3 Å². The van der Waals surface area contributed by atoms with Gasteiger partial charge in [0.2, 0.25) is 0 Å². The van der Waals surface area contributed by atoms with E-state index in [1.54, 1.807) is 11.4 Å². The second-order valence-corrected chi connectivity index (χ2v) is 6.17. The number of thiazole rings is 1. The normalized spacial score (nSPS) is 10.4. The van der Waals surface area contributed by atoms with Gasteiger partial charge in [0.1, 0.15) is 5.69 Å². The Morgan fingerprint density at radius 2 is 2.17 bits per heavy atom.